The Labute approximate surface area is 125 Å². The fraction of sp³-hybridized carbons (Fsp3) is 0.154. The molecule has 0 saturated carbocycles. The van der Waals surface area contributed by atoms with E-state index in [1.807, 2.05) is 0 Å². The van der Waals surface area contributed by atoms with Crippen molar-refractivity contribution in [1.29, 1.82) is 0 Å². The molecule has 0 radical (unpaired) electrons. The number of aromatic nitrogens is 2. The largest absolute Gasteiger partial charge is 0.389 e. The number of nitrogens with two attached hydrogens (primary N) is 1. The highest BCUT2D eigenvalue weighted by Gasteiger charge is 2.07. The van der Waals surface area contributed by atoms with Gasteiger partial charge in [0.1, 0.15) is 4.99 Å². The number of thiocarbonyl (C=S) groups is 1. The van der Waals surface area contributed by atoms with E-state index in [0.717, 1.165) is 5.56 Å². The van der Waals surface area contributed by atoms with Gasteiger partial charge in [0.15, 0.2) is 0 Å². The minimum Gasteiger partial charge on any atom is -0.389 e. The van der Waals surface area contributed by atoms with Crippen molar-refractivity contribution in [1.82, 2.24) is 9.55 Å². The summed E-state index contributed by atoms with van der Waals surface area (Å²) < 4.78 is 1.39. The van der Waals surface area contributed by atoms with Gasteiger partial charge in [-0.25, -0.2) is 4.79 Å². The molecule has 0 aliphatic rings. The standard InChI is InChI=1S/C13H12ClN3O2S/c1-7-5-17(13(19)16-12(7)18)6-9-3-2-8(11(15)20)4-10(9)14/h2-5H,6H2,1H3,(H2,15,20)(H,16,18,19). The molecule has 0 amide bonds. The first-order chi connectivity index (χ1) is 9.38. The Morgan fingerprint density at radius 2 is 2.15 bits per heavy atom. The van der Waals surface area contributed by atoms with Crippen LogP contribution in [-0.2, 0) is 6.54 Å². The molecule has 0 fully saturated rings. The minimum atomic E-state index is -0.477. The summed E-state index contributed by atoms with van der Waals surface area (Å²) in [7, 11) is 0. The van der Waals surface area contributed by atoms with Gasteiger partial charge in [-0.05, 0) is 18.6 Å². The van der Waals surface area contributed by atoms with E-state index in [1.54, 1.807) is 25.1 Å². The van der Waals surface area contributed by atoms with Crippen molar-refractivity contribution < 1.29 is 0 Å². The summed E-state index contributed by atoms with van der Waals surface area (Å²) in [4.78, 5) is 25.5. The number of rotatable bonds is 3. The fourth-order valence-corrected chi connectivity index (χ4v) is 2.12. The molecule has 1 aromatic heterocycles. The second-order valence-corrected chi connectivity index (χ2v) is 5.22. The molecule has 20 heavy (non-hydrogen) atoms. The molecule has 0 atom stereocenters. The second-order valence-electron chi connectivity index (χ2n) is 4.37. The van der Waals surface area contributed by atoms with E-state index >= 15 is 0 Å². The molecule has 7 heteroatoms. The van der Waals surface area contributed by atoms with Crippen LogP contribution in [0.4, 0.5) is 0 Å². The van der Waals surface area contributed by atoms with Crippen molar-refractivity contribution in [2.24, 2.45) is 5.73 Å². The molecule has 0 saturated heterocycles. The van der Waals surface area contributed by atoms with E-state index in [9.17, 15) is 9.59 Å². The predicted octanol–water partition coefficient (Wildman–Crippen LogP) is 1.18. The van der Waals surface area contributed by atoms with Gasteiger partial charge in [-0.1, -0.05) is 36.0 Å². The number of benzene rings is 1. The summed E-state index contributed by atoms with van der Waals surface area (Å²) in [5, 5.41) is 0.464. The molecule has 3 N–H and O–H groups in total. The van der Waals surface area contributed by atoms with Crippen LogP contribution in [0.15, 0.2) is 34.0 Å². The molecule has 0 aliphatic carbocycles. The number of nitrogens with zero attached hydrogens (tertiary/aromatic N) is 1. The smallest absolute Gasteiger partial charge is 0.328 e. The lowest BCUT2D eigenvalue weighted by Gasteiger charge is -2.09. The Morgan fingerprint density at radius 3 is 2.75 bits per heavy atom. The van der Waals surface area contributed by atoms with Gasteiger partial charge >= 0.3 is 5.69 Å². The number of nitrogens with one attached hydrogen (secondary N) is 1. The summed E-state index contributed by atoms with van der Waals surface area (Å²) in [6.07, 6.45) is 1.50. The first-order valence-corrected chi connectivity index (χ1v) is 6.55. The summed E-state index contributed by atoms with van der Waals surface area (Å²) in [5.41, 5.74) is 6.52. The van der Waals surface area contributed by atoms with Crippen LogP contribution in [0.5, 0.6) is 0 Å². The lowest BCUT2D eigenvalue weighted by atomic mass is 10.1. The average Bonchev–Trinajstić information content (AvgIpc) is 2.37. The predicted molar refractivity (Wildman–Crippen MR) is 82.5 cm³/mol. The van der Waals surface area contributed by atoms with Crippen LogP contribution in [0, 0.1) is 6.92 Å². The van der Waals surface area contributed by atoms with Crippen LogP contribution in [0.1, 0.15) is 16.7 Å². The van der Waals surface area contributed by atoms with Crippen molar-refractivity contribution in [3.05, 3.63) is 66.9 Å². The lowest BCUT2D eigenvalue weighted by molar-refractivity contribution is 0.713. The Balaban J connectivity index is 2.40. The van der Waals surface area contributed by atoms with Gasteiger partial charge in [0.2, 0.25) is 0 Å². The van der Waals surface area contributed by atoms with Crippen LogP contribution in [-0.4, -0.2) is 14.5 Å². The Morgan fingerprint density at radius 1 is 1.45 bits per heavy atom. The van der Waals surface area contributed by atoms with E-state index in [-0.39, 0.29) is 17.1 Å². The van der Waals surface area contributed by atoms with Gasteiger partial charge in [-0.3, -0.25) is 14.3 Å². The van der Waals surface area contributed by atoms with Gasteiger partial charge in [0.25, 0.3) is 5.56 Å². The zero-order valence-corrected chi connectivity index (χ0v) is 12.2. The summed E-state index contributed by atoms with van der Waals surface area (Å²) in [5.74, 6) is 0. The number of halogens is 1. The molecule has 0 aliphatic heterocycles. The van der Waals surface area contributed by atoms with Gasteiger partial charge in [-0.2, -0.15) is 0 Å². The van der Waals surface area contributed by atoms with Crippen molar-refractivity contribution in [3.63, 3.8) is 0 Å². The molecule has 0 unspecified atom stereocenters. The zero-order valence-electron chi connectivity index (χ0n) is 10.6. The van der Waals surface area contributed by atoms with E-state index < -0.39 is 5.69 Å². The fourth-order valence-electron chi connectivity index (χ4n) is 1.75. The summed E-state index contributed by atoms with van der Waals surface area (Å²) >= 11 is 11.0. The summed E-state index contributed by atoms with van der Waals surface area (Å²) in [6.45, 7) is 1.89. The highest BCUT2D eigenvalue weighted by Crippen LogP contribution is 2.18. The maximum atomic E-state index is 11.7. The number of H-pyrrole nitrogens is 1. The van der Waals surface area contributed by atoms with Crippen molar-refractivity contribution in [2.45, 2.75) is 13.5 Å². The first kappa shape index (κ1) is 14.5. The van der Waals surface area contributed by atoms with Crippen molar-refractivity contribution >= 4 is 28.8 Å². The molecule has 104 valence electrons. The number of aryl methyl sites for hydroxylation is 1. The molecule has 1 aromatic carbocycles. The zero-order chi connectivity index (χ0) is 14.9. The first-order valence-electron chi connectivity index (χ1n) is 5.77. The molecule has 2 aromatic rings. The highest BCUT2D eigenvalue weighted by atomic mass is 35.5. The SMILES string of the molecule is Cc1cn(Cc2ccc(C(N)=S)cc2Cl)c(=O)[nH]c1=O. The van der Waals surface area contributed by atoms with Crippen LogP contribution in [0.2, 0.25) is 5.02 Å². The van der Waals surface area contributed by atoms with Crippen LogP contribution in [0.3, 0.4) is 0 Å². The minimum absolute atomic E-state index is 0.257. The number of hydrogen-bond acceptors (Lipinski definition) is 3. The quantitative estimate of drug-likeness (QED) is 0.834. The van der Waals surface area contributed by atoms with E-state index in [1.165, 1.54) is 10.8 Å². The molecular formula is C13H12ClN3O2S. The molecule has 5 nitrogen and oxygen atoms in total. The van der Waals surface area contributed by atoms with Gasteiger partial charge in [0, 0.05) is 22.3 Å². The van der Waals surface area contributed by atoms with Crippen molar-refractivity contribution in [3.8, 4) is 0 Å². The van der Waals surface area contributed by atoms with Crippen LogP contribution < -0.4 is 17.0 Å². The summed E-state index contributed by atoms with van der Waals surface area (Å²) in [6, 6.07) is 5.15. The third kappa shape index (κ3) is 2.97. The molecule has 2 rings (SSSR count). The average molecular weight is 310 g/mol. The molecule has 0 bridgehead atoms. The Kier molecular flexibility index (Phi) is 4.06. The topological polar surface area (TPSA) is 80.9 Å². The van der Waals surface area contributed by atoms with Crippen LogP contribution >= 0.6 is 23.8 Å². The third-order valence-corrected chi connectivity index (χ3v) is 3.45. The second kappa shape index (κ2) is 5.60. The Hall–Kier alpha value is -1.92. The van der Waals surface area contributed by atoms with Gasteiger partial charge < -0.3 is 5.73 Å². The van der Waals surface area contributed by atoms with E-state index in [4.69, 9.17) is 29.6 Å². The van der Waals surface area contributed by atoms with Gasteiger partial charge in [0.05, 0.1) is 6.54 Å². The van der Waals surface area contributed by atoms with Crippen LogP contribution in [0.25, 0.3) is 0 Å². The lowest BCUT2D eigenvalue weighted by Crippen LogP contribution is -2.31. The monoisotopic (exact) mass is 309 g/mol. The highest BCUT2D eigenvalue weighted by molar-refractivity contribution is 7.80. The normalized spacial score (nSPS) is 10.5. The third-order valence-electron chi connectivity index (χ3n) is 2.87. The molecule has 0 spiro atoms. The number of hydrogen-bond donors (Lipinski definition) is 2. The number of aromatic amines is 1. The van der Waals surface area contributed by atoms with E-state index in [0.29, 0.717) is 16.1 Å². The van der Waals surface area contributed by atoms with Crippen molar-refractivity contribution in [2.75, 3.05) is 0 Å². The van der Waals surface area contributed by atoms with Gasteiger partial charge in [-0.15, -0.1) is 0 Å². The molecule has 1 heterocycles. The maximum Gasteiger partial charge on any atom is 0.328 e. The molecular weight excluding hydrogens is 298 g/mol. The Bertz CT molecular complexity index is 795. The van der Waals surface area contributed by atoms with E-state index in [2.05, 4.69) is 4.98 Å². The maximum absolute atomic E-state index is 11.7.